The second-order valence-electron chi connectivity index (χ2n) is 10.1. The van der Waals surface area contributed by atoms with Crippen molar-refractivity contribution in [2.24, 2.45) is 0 Å². The molecular weight excluding hydrogens is 484 g/mol. The van der Waals surface area contributed by atoms with E-state index in [1.165, 1.54) is 0 Å². The quantitative estimate of drug-likeness (QED) is 0.269. The predicted molar refractivity (Wildman–Crippen MR) is 158 cm³/mol. The second-order valence-corrected chi connectivity index (χ2v) is 10.1. The Morgan fingerprint density at radius 3 is 2.46 bits per heavy atom. The Morgan fingerprint density at radius 2 is 1.69 bits per heavy atom. The number of fused-ring (bicyclic) bond motifs is 3. The number of aryl methyl sites for hydroxylation is 2. The molecule has 0 radical (unpaired) electrons. The molecular formula is C33H36N4O2. The molecule has 1 unspecified atom stereocenters. The second kappa shape index (κ2) is 11.6. The Hall–Kier alpha value is -4.32. The molecule has 3 amide bonds. The van der Waals surface area contributed by atoms with Gasteiger partial charge in [-0.25, -0.2) is 4.79 Å². The van der Waals surface area contributed by atoms with Crippen LogP contribution in [0.1, 0.15) is 55.1 Å². The van der Waals surface area contributed by atoms with Crippen molar-refractivity contribution in [2.75, 3.05) is 23.3 Å². The molecule has 1 aromatic heterocycles. The van der Waals surface area contributed by atoms with Crippen molar-refractivity contribution in [3.05, 3.63) is 114 Å². The number of aromatic nitrogens is 1. The Morgan fingerprint density at radius 1 is 0.897 bits per heavy atom. The number of amides is 3. The third kappa shape index (κ3) is 5.46. The number of carbonyl (C=O) groups is 2. The van der Waals surface area contributed by atoms with Gasteiger partial charge in [-0.1, -0.05) is 74.4 Å². The third-order valence-corrected chi connectivity index (χ3v) is 7.33. The van der Waals surface area contributed by atoms with E-state index in [2.05, 4.69) is 54.9 Å². The fraction of sp³-hybridized carbons (Fsp3) is 0.273. The summed E-state index contributed by atoms with van der Waals surface area (Å²) < 4.78 is 2.16. The highest BCUT2D eigenvalue weighted by molar-refractivity contribution is 6.01. The highest BCUT2D eigenvalue weighted by Crippen LogP contribution is 2.42. The first-order valence-corrected chi connectivity index (χ1v) is 13.8. The molecule has 0 aliphatic carbocycles. The normalized spacial score (nSPS) is 13.9. The zero-order valence-corrected chi connectivity index (χ0v) is 22.9. The van der Waals surface area contributed by atoms with Crippen LogP contribution in [0.15, 0.2) is 91.1 Å². The van der Waals surface area contributed by atoms with Gasteiger partial charge in [0.1, 0.15) is 12.6 Å². The number of hydrogen-bond acceptors (Lipinski definition) is 2. The minimum absolute atomic E-state index is 0.0172. The van der Waals surface area contributed by atoms with Crippen LogP contribution < -0.4 is 10.2 Å². The number of urea groups is 1. The average molecular weight is 521 g/mol. The molecule has 3 aromatic carbocycles. The number of hydrogen-bond donors (Lipinski definition) is 1. The summed E-state index contributed by atoms with van der Waals surface area (Å²) in [6.07, 6.45) is 4.67. The maximum atomic E-state index is 14.3. The number of unbranched alkanes of at least 4 members (excludes halogenated alkanes) is 1. The lowest BCUT2D eigenvalue weighted by Crippen LogP contribution is -2.48. The van der Waals surface area contributed by atoms with Gasteiger partial charge in [0.05, 0.1) is 17.1 Å². The number of carbonyl (C=O) groups excluding carboxylic acids is 2. The lowest BCUT2D eigenvalue weighted by molar-refractivity contribution is -0.119. The summed E-state index contributed by atoms with van der Waals surface area (Å²) in [6, 6.07) is 27.7. The zero-order chi connectivity index (χ0) is 27.4. The van der Waals surface area contributed by atoms with Crippen LogP contribution in [0.3, 0.4) is 0 Å². The lowest BCUT2D eigenvalue weighted by atomic mass is 9.96. The third-order valence-electron chi connectivity index (χ3n) is 7.33. The van der Waals surface area contributed by atoms with Crippen molar-refractivity contribution < 1.29 is 9.59 Å². The average Bonchev–Trinajstić information content (AvgIpc) is 3.44. The number of nitrogens with zero attached hydrogens (tertiary/aromatic N) is 3. The molecule has 0 spiro atoms. The van der Waals surface area contributed by atoms with E-state index in [0.29, 0.717) is 6.54 Å². The number of benzene rings is 3. The SMILES string of the molecule is CCCCN(CC(=O)N1c2ccccc2-n2cccc2C1c1cccc(C)c1)C(=O)Nc1cccc(CC)c1. The van der Waals surface area contributed by atoms with E-state index in [1.807, 2.05) is 71.8 Å². The molecule has 39 heavy (non-hydrogen) atoms. The van der Waals surface area contributed by atoms with E-state index in [9.17, 15) is 9.59 Å². The lowest BCUT2D eigenvalue weighted by Gasteiger charge is -2.39. The molecule has 2 heterocycles. The molecule has 4 aromatic rings. The molecule has 0 bridgehead atoms. The first kappa shape index (κ1) is 26.3. The minimum atomic E-state index is -0.306. The molecule has 6 nitrogen and oxygen atoms in total. The van der Waals surface area contributed by atoms with Crippen LogP contribution in [0.4, 0.5) is 16.2 Å². The Balaban J connectivity index is 1.49. The molecule has 1 N–H and O–H groups in total. The molecule has 1 aliphatic rings. The molecule has 0 fully saturated rings. The fourth-order valence-electron chi connectivity index (χ4n) is 5.33. The molecule has 200 valence electrons. The standard InChI is InChI=1S/C33H36N4O2/c1-4-6-19-35(33(39)34-27-15-10-13-25(5-2)22-27)23-31(38)37-29-17-8-7-16-28(29)36-20-11-18-30(36)32(37)26-14-9-12-24(3)21-26/h7-18,20-22,32H,4-6,19,23H2,1-3H3,(H,34,39). The van der Waals surface area contributed by atoms with Gasteiger partial charge in [0.25, 0.3) is 0 Å². The van der Waals surface area contributed by atoms with Gasteiger partial charge in [-0.3, -0.25) is 9.69 Å². The minimum Gasteiger partial charge on any atom is -0.316 e. The fourth-order valence-corrected chi connectivity index (χ4v) is 5.33. The van der Waals surface area contributed by atoms with E-state index < -0.39 is 0 Å². The highest BCUT2D eigenvalue weighted by Gasteiger charge is 2.37. The van der Waals surface area contributed by atoms with Crippen molar-refractivity contribution in [3.8, 4) is 5.69 Å². The largest absolute Gasteiger partial charge is 0.322 e. The first-order chi connectivity index (χ1) is 19.0. The van der Waals surface area contributed by atoms with E-state index >= 15 is 0 Å². The van der Waals surface area contributed by atoms with Crippen LogP contribution in [-0.4, -0.2) is 34.5 Å². The van der Waals surface area contributed by atoms with Crippen LogP contribution in [0.25, 0.3) is 5.69 Å². The van der Waals surface area contributed by atoms with Gasteiger partial charge in [0.15, 0.2) is 0 Å². The first-order valence-electron chi connectivity index (χ1n) is 13.8. The van der Waals surface area contributed by atoms with E-state index in [4.69, 9.17) is 0 Å². The summed E-state index contributed by atoms with van der Waals surface area (Å²) >= 11 is 0. The van der Waals surface area contributed by atoms with Crippen LogP contribution in [0, 0.1) is 6.92 Å². The van der Waals surface area contributed by atoms with Gasteiger partial charge in [-0.15, -0.1) is 0 Å². The van der Waals surface area contributed by atoms with Crippen molar-refractivity contribution in [3.63, 3.8) is 0 Å². The molecule has 0 saturated heterocycles. The van der Waals surface area contributed by atoms with Crippen LogP contribution in [0.2, 0.25) is 0 Å². The Labute approximate surface area is 230 Å². The van der Waals surface area contributed by atoms with Crippen LogP contribution in [0.5, 0.6) is 0 Å². The van der Waals surface area contributed by atoms with Crippen molar-refractivity contribution >= 4 is 23.3 Å². The molecule has 1 aliphatic heterocycles. The summed E-state index contributed by atoms with van der Waals surface area (Å²) in [4.78, 5) is 31.3. The van der Waals surface area contributed by atoms with Crippen molar-refractivity contribution in [1.29, 1.82) is 0 Å². The van der Waals surface area contributed by atoms with Gasteiger partial charge in [0.2, 0.25) is 5.91 Å². The summed E-state index contributed by atoms with van der Waals surface area (Å²) in [5.41, 5.74) is 6.88. The maximum absolute atomic E-state index is 14.3. The summed E-state index contributed by atoms with van der Waals surface area (Å²) in [6.45, 7) is 6.73. The molecule has 1 atom stereocenters. The number of para-hydroxylation sites is 2. The van der Waals surface area contributed by atoms with Crippen molar-refractivity contribution in [2.45, 2.75) is 46.1 Å². The number of nitrogens with one attached hydrogen (secondary N) is 1. The van der Waals surface area contributed by atoms with Crippen molar-refractivity contribution in [1.82, 2.24) is 9.47 Å². The molecule has 6 heteroatoms. The van der Waals surface area contributed by atoms with Crippen LogP contribution >= 0.6 is 0 Å². The van der Waals surface area contributed by atoms with Gasteiger partial charge in [-0.2, -0.15) is 0 Å². The van der Waals surface area contributed by atoms with E-state index in [-0.39, 0.29) is 24.5 Å². The smallest absolute Gasteiger partial charge is 0.316 e. The number of rotatable bonds is 8. The van der Waals surface area contributed by atoms with Gasteiger partial charge < -0.3 is 14.8 Å². The van der Waals surface area contributed by atoms with E-state index in [1.54, 1.807) is 4.90 Å². The summed E-state index contributed by atoms with van der Waals surface area (Å²) in [5, 5.41) is 3.03. The highest BCUT2D eigenvalue weighted by atomic mass is 16.2. The zero-order valence-electron chi connectivity index (χ0n) is 22.9. The molecule has 5 rings (SSSR count). The molecule has 0 saturated carbocycles. The topological polar surface area (TPSA) is 57.6 Å². The maximum Gasteiger partial charge on any atom is 0.322 e. The van der Waals surface area contributed by atoms with E-state index in [0.717, 1.165) is 58.7 Å². The van der Waals surface area contributed by atoms with Gasteiger partial charge >= 0.3 is 6.03 Å². The monoisotopic (exact) mass is 520 g/mol. The Kier molecular flexibility index (Phi) is 7.82. The Bertz CT molecular complexity index is 1470. The number of anilines is 2. The van der Waals surface area contributed by atoms with Gasteiger partial charge in [0, 0.05) is 18.4 Å². The van der Waals surface area contributed by atoms with Crippen LogP contribution in [-0.2, 0) is 11.2 Å². The summed E-state index contributed by atoms with van der Waals surface area (Å²) in [7, 11) is 0. The van der Waals surface area contributed by atoms with Gasteiger partial charge in [-0.05, 0) is 67.3 Å². The predicted octanol–water partition coefficient (Wildman–Crippen LogP) is 7.12. The summed E-state index contributed by atoms with van der Waals surface area (Å²) in [5.74, 6) is -0.116.